The first kappa shape index (κ1) is 20.4. The second-order valence-electron chi connectivity index (χ2n) is 10.9. The SMILES string of the molecule is C[C@]12CCC3=C(COC3=O)[C@@H]1C[C@@H]1O[C@@]13C(=O)[C@@]1(CCOC(=O)Oc4ccccc4)O[C@H]1[C@@H]1O[C@]123. The Balaban J connectivity index is 1.03. The lowest BCUT2D eigenvalue weighted by molar-refractivity contribution is -0.139. The Kier molecular flexibility index (Phi) is 3.59. The molecule has 0 bridgehead atoms. The number of hydrogen-bond donors (Lipinski definition) is 0. The van der Waals surface area contributed by atoms with Gasteiger partial charge in [-0.1, -0.05) is 25.1 Å². The highest BCUT2D eigenvalue weighted by atomic mass is 16.7. The first-order chi connectivity index (χ1) is 16.9. The fraction of sp³-hybridized carbons (Fsp3) is 0.577. The number of benzene rings is 1. The number of carbonyl (C=O) groups is 3. The molecule has 3 saturated heterocycles. The second-order valence-corrected chi connectivity index (χ2v) is 10.9. The van der Waals surface area contributed by atoms with Gasteiger partial charge in [0.15, 0.2) is 11.2 Å². The molecule has 4 aliphatic heterocycles. The quantitative estimate of drug-likeness (QED) is 0.363. The van der Waals surface area contributed by atoms with E-state index in [9.17, 15) is 14.4 Å². The van der Waals surface area contributed by atoms with Crippen LogP contribution in [-0.2, 0) is 33.3 Å². The van der Waals surface area contributed by atoms with E-state index in [2.05, 4.69) is 6.92 Å². The Bertz CT molecular complexity index is 1240. The van der Waals surface area contributed by atoms with Crippen molar-refractivity contribution in [3.05, 3.63) is 41.5 Å². The molecule has 1 aromatic carbocycles. The zero-order chi connectivity index (χ0) is 23.8. The monoisotopic (exact) mass is 480 g/mol. The molecule has 0 N–H and O–H groups in total. The summed E-state index contributed by atoms with van der Waals surface area (Å²) in [4.78, 5) is 38.3. The number of carbonyl (C=O) groups excluding carboxylic acids is 3. The minimum absolute atomic E-state index is 0.00996. The van der Waals surface area contributed by atoms with Gasteiger partial charge in [0.2, 0.25) is 5.78 Å². The van der Waals surface area contributed by atoms with E-state index in [-0.39, 0.29) is 54.4 Å². The number of ketones is 1. The first-order valence-electron chi connectivity index (χ1n) is 12.2. The molecule has 0 radical (unpaired) electrons. The Morgan fingerprint density at radius 2 is 1.94 bits per heavy atom. The summed E-state index contributed by atoms with van der Waals surface area (Å²) in [7, 11) is 0. The maximum atomic E-state index is 14.0. The summed E-state index contributed by atoms with van der Waals surface area (Å²) in [6.07, 6.45) is 0.523. The summed E-state index contributed by atoms with van der Waals surface area (Å²) in [5.41, 5.74) is -1.31. The van der Waals surface area contributed by atoms with E-state index in [0.717, 1.165) is 17.6 Å². The molecular weight excluding hydrogens is 456 g/mol. The van der Waals surface area contributed by atoms with E-state index in [4.69, 9.17) is 28.4 Å². The van der Waals surface area contributed by atoms with Gasteiger partial charge in [0.05, 0.1) is 12.7 Å². The summed E-state index contributed by atoms with van der Waals surface area (Å²) >= 11 is 0. The first-order valence-corrected chi connectivity index (χ1v) is 12.2. The molecule has 3 aliphatic carbocycles. The Labute approximate surface area is 200 Å². The van der Waals surface area contributed by atoms with Crippen molar-refractivity contribution in [2.24, 2.45) is 11.3 Å². The van der Waals surface area contributed by atoms with Crippen molar-refractivity contribution in [3.63, 3.8) is 0 Å². The molecule has 8 rings (SSSR count). The van der Waals surface area contributed by atoms with Gasteiger partial charge in [0.1, 0.15) is 30.2 Å². The fourth-order valence-corrected chi connectivity index (χ4v) is 7.96. The summed E-state index contributed by atoms with van der Waals surface area (Å²) in [6, 6.07) is 8.66. The van der Waals surface area contributed by atoms with Crippen LogP contribution in [0.15, 0.2) is 41.5 Å². The third kappa shape index (κ3) is 2.20. The minimum Gasteiger partial charge on any atom is -0.458 e. The van der Waals surface area contributed by atoms with Gasteiger partial charge in [0, 0.05) is 17.4 Å². The number of Topliss-reactive ketones (excluding diaryl/α,β-unsaturated/α-hetero) is 1. The standard InChI is InChI=1S/C26H24O9/c1-23-8-7-14-15(12-31-20(14)27)16(23)11-17-25(33-17)21(28)24(18(34-24)19-26(23,25)35-19)9-10-30-22(29)32-13-5-3-2-4-6-13/h2-6,16-19H,7-12H2,1H3/t16-,17-,18-,19-,23-,24-,25+,26+/m0/s1. The van der Waals surface area contributed by atoms with E-state index in [1.54, 1.807) is 24.3 Å². The maximum Gasteiger partial charge on any atom is 0.513 e. The number of ether oxygens (including phenoxy) is 6. The largest absolute Gasteiger partial charge is 0.513 e. The zero-order valence-corrected chi connectivity index (χ0v) is 19.1. The molecule has 4 heterocycles. The molecule has 2 spiro atoms. The molecule has 0 unspecified atom stereocenters. The van der Waals surface area contributed by atoms with Crippen LogP contribution in [0, 0.1) is 11.3 Å². The van der Waals surface area contributed by atoms with Gasteiger partial charge in [0.25, 0.3) is 0 Å². The van der Waals surface area contributed by atoms with Crippen LogP contribution in [-0.4, -0.2) is 66.2 Å². The number of epoxide rings is 3. The Morgan fingerprint density at radius 3 is 2.77 bits per heavy atom. The lowest BCUT2D eigenvalue weighted by Gasteiger charge is -2.51. The molecule has 182 valence electrons. The van der Waals surface area contributed by atoms with Crippen LogP contribution >= 0.6 is 0 Å². The highest BCUT2D eigenvalue weighted by Crippen LogP contribution is 2.81. The van der Waals surface area contributed by atoms with Gasteiger partial charge in [-0.25, -0.2) is 9.59 Å². The number of rotatable bonds is 4. The van der Waals surface area contributed by atoms with Crippen LogP contribution in [0.4, 0.5) is 4.79 Å². The molecule has 35 heavy (non-hydrogen) atoms. The van der Waals surface area contributed by atoms with Crippen LogP contribution in [0.3, 0.4) is 0 Å². The van der Waals surface area contributed by atoms with Crippen molar-refractivity contribution in [2.75, 3.05) is 13.2 Å². The lowest BCUT2D eigenvalue weighted by Crippen LogP contribution is -2.67. The molecule has 2 saturated carbocycles. The minimum atomic E-state index is -1.05. The van der Waals surface area contributed by atoms with Crippen LogP contribution in [0.2, 0.25) is 0 Å². The molecular formula is C26H24O9. The van der Waals surface area contributed by atoms with Crippen molar-refractivity contribution in [2.45, 2.75) is 67.7 Å². The summed E-state index contributed by atoms with van der Waals surface area (Å²) in [5, 5.41) is 0. The topological polar surface area (TPSA) is 116 Å². The van der Waals surface area contributed by atoms with Crippen LogP contribution in [0.25, 0.3) is 0 Å². The smallest absolute Gasteiger partial charge is 0.458 e. The number of hydrogen-bond acceptors (Lipinski definition) is 9. The normalized spacial score (nSPS) is 47.2. The molecule has 9 heteroatoms. The fourth-order valence-electron chi connectivity index (χ4n) is 7.96. The van der Waals surface area contributed by atoms with Gasteiger partial charge in [-0.3, -0.25) is 4.79 Å². The number of cyclic esters (lactones) is 1. The van der Waals surface area contributed by atoms with Crippen molar-refractivity contribution >= 4 is 17.9 Å². The van der Waals surface area contributed by atoms with Crippen LogP contribution < -0.4 is 4.74 Å². The average molecular weight is 480 g/mol. The Morgan fingerprint density at radius 1 is 1.11 bits per heavy atom. The third-order valence-corrected chi connectivity index (χ3v) is 9.68. The number of para-hydroxylation sites is 1. The molecule has 0 amide bonds. The summed E-state index contributed by atoms with van der Waals surface area (Å²) in [5.74, 6) is 0.168. The van der Waals surface area contributed by atoms with E-state index in [1.807, 2.05) is 6.07 Å². The van der Waals surface area contributed by atoms with Gasteiger partial charge < -0.3 is 28.4 Å². The van der Waals surface area contributed by atoms with Crippen molar-refractivity contribution in [1.82, 2.24) is 0 Å². The number of fused-ring (bicyclic) bond motifs is 4. The zero-order valence-electron chi connectivity index (χ0n) is 19.1. The van der Waals surface area contributed by atoms with Gasteiger partial charge in [-0.05, 0) is 42.9 Å². The average Bonchev–Trinajstić information content (AvgIpc) is 3.75. The highest BCUT2D eigenvalue weighted by molar-refractivity contribution is 6.05. The predicted molar refractivity (Wildman–Crippen MR) is 114 cm³/mol. The Hall–Kier alpha value is -2.75. The molecule has 1 aromatic rings. The maximum absolute atomic E-state index is 14.0. The van der Waals surface area contributed by atoms with Gasteiger partial charge >= 0.3 is 12.1 Å². The molecule has 0 aromatic heterocycles. The molecule has 5 fully saturated rings. The third-order valence-electron chi connectivity index (χ3n) is 9.68. The van der Waals surface area contributed by atoms with Crippen molar-refractivity contribution < 1.29 is 42.8 Å². The lowest BCUT2D eigenvalue weighted by atomic mass is 9.47. The molecule has 8 atom stereocenters. The van der Waals surface area contributed by atoms with Crippen LogP contribution in [0.5, 0.6) is 5.75 Å². The van der Waals surface area contributed by atoms with Gasteiger partial charge in [-0.15, -0.1) is 0 Å². The van der Waals surface area contributed by atoms with Crippen LogP contribution in [0.1, 0.15) is 32.6 Å². The van der Waals surface area contributed by atoms with Gasteiger partial charge in [-0.2, -0.15) is 0 Å². The second kappa shape index (κ2) is 6.14. The van der Waals surface area contributed by atoms with E-state index >= 15 is 0 Å². The summed E-state index contributed by atoms with van der Waals surface area (Å²) < 4.78 is 34.5. The van der Waals surface area contributed by atoms with Crippen molar-refractivity contribution in [3.8, 4) is 5.75 Å². The van der Waals surface area contributed by atoms with E-state index in [0.29, 0.717) is 25.2 Å². The van der Waals surface area contributed by atoms with Crippen molar-refractivity contribution in [1.29, 1.82) is 0 Å². The highest BCUT2D eigenvalue weighted by Gasteiger charge is 3.00. The van der Waals surface area contributed by atoms with E-state index in [1.165, 1.54) is 0 Å². The summed E-state index contributed by atoms with van der Waals surface area (Å²) in [6.45, 7) is 2.49. The number of esters is 1. The predicted octanol–water partition coefficient (Wildman–Crippen LogP) is 2.26. The molecule has 9 nitrogen and oxygen atoms in total. The van der Waals surface area contributed by atoms with E-state index < -0.39 is 23.0 Å². The molecule has 7 aliphatic rings.